The number of hydrogen-bond acceptors (Lipinski definition) is 2. The minimum absolute atomic E-state index is 0.186. The van der Waals surface area contributed by atoms with Gasteiger partial charge < -0.3 is 10.6 Å². The van der Waals surface area contributed by atoms with E-state index in [1.165, 1.54) is 11.6 Å². The molecule has 0 saturated carbocycles. The number of nitrogens with zero attached hydrogens (tertiary/aromatic N) is 2. The van der Waals surface area contributed by atoms with Crippen LogP contribution in [0.4, 0.5) is 4.39 Å². The minimum atomic E-state index is -0.186. The zero-order chi connectivity index (χ0) is 19.6. The van der Waals surface area contributed by atoms with E-state index < -0.39 is 0 Å². The second-order valence-corrected chi connectivity index (χ2v) is 7.32. The Morgan fingerprint density at radius 1 is 1.07 bits per heavy atom. The van der Waals surface area contributed by atoms with Crippen LogP contribution in [0, 0.1) is 5.82 Å². The molecule has 5 heteroatoms. The lowest BCUT2D eigenvalue weighted by Gasteiger charge is -2.33. The summed E-state index contributed by atoms with van der Waals surface area (Å²) in [6, 6.07) is 17.9. The summed E-state index contributed by atoms with van der Waals surface area (Å²) in [5.74, 6) is 0.675. The Hall–Kier alpha value is -2.40. The summed E-state index contributed by atoms with van der Waals surface area (Å²) in [6.07, 6.45) is 2.96. The highest BCUT2D eigenvalue weighted by Gasteiger charge is 2.19. The van der Waals surface area contributed by atoms with E-state index in [0.29, 0.717) is 12.6 Å². The number of nitrogens with one attached hydrogen (secondary N) is 2. The Kier molecular flexibility index (Phi) is 7.85. The van der Waals surface area contributed by atoms with Gasteiger partial charge in [0.25, 0.3) is 0 Å². The molecule has 0 aliphatic carbocycles. The maximum atomic E-state index is 13.3. The first kappa shape index (κ1) is 20.3. The van der Waals surface area contributed by atoms with E-state index in [-0.39, 0.29) is 5.82 Å². The highest BCUT2D eigenvalue weighted by Crippen LogP contribution is 2.14. The van der Waals surface area contributed by atoms with Gasteiger partial charge in [0.05, 0.1) is 0 Å². The molecule has 150 valence electrons. The molecule has 1 aliphatic rings. The van der Waals surface area contributed by atoms with Gasteiger partial charge >= 0.3 is 0 Å². The topological polar surface area (TPSA) is 39.7 Å². The van der Waals surface area contributed by atoms with E-state index in [0.717, 1.165) is 57.0 Å². The highest BCUT2D eigenvalue weighted by atomic mass is 19.1. The van der Waals surface area contributed by atoms with Gasteiger partial charge in [0.15, 0.2) is 5.96 Å². The van der Waals surface area contributed by atoms with E-state index in [4.69, 9.17) is 0 Å². The number of aliphatic imine (C=N–C) groups is 1. The van der Waals surface area contributed by atoms with Crippen LogP contribution in [-0.4, -0.2) is 43.1 Å². The smallest absolute Gasteiger partial charge is 0.191 e. The molecule has 0 radical (unpaired) electrons. The van der Waals surface area contributed by atoms with Gasteiger partial charge in [0, 0.05) is 38.8 Å². The molecule has 4 nitrogen and oxygen atoms in total. The number of benzene rings is 2. The first-order valence-electron chi connectivity index (χ1n) is 10.3. The van der Waals surface area contributed by atoms with Crippen LogP contribution < -0.4 is 10.6 Å². The average molecular weight is 383 g/mol. The summed E-state index contributed by atoms with van der Waals surface area (Å²) < 4.78 is 13.3. The molecule has 1 aliphatic heterocycles. The molecule has 3 rings (SSSR count). The lowest BCUT2D eigenvalue weighted by Crippen LogP contribution is -2.48. The summed E-state index contributed by atoms with van der Waals surface area (Å²) in [7, 11) is 0. The van der Waals surface area contributed by atoms with Crippen molar-refractivity contribution in [1.29, 1.82) is 0 Å². The molecule has 0 atom stereocenters. The van der Waals surface area contributed by atoms with Crippen LogP contribution in [0.3, 0.4) is 0 Å². The third-order valence-corrected chi connectivity index (χ3v) is 5.08. The van der Waals surface area contributed by atoms with Gasteiger partial charge in [0.1, 0.15) is 5.82 Å². The van der Waals surface area contributed by atoms with Crippen LogP contribution >= 0.6 is 0 Å². The van der Waals surface area contributed by atoms with Crippen molar-refractivity contribution in [3.63, 3.8) is 0 Å². The average Bonchev–Trinajstić information content (AvgIpc) is 2.70. The molecule has 1 saturated heterocycles. The van der Waals surface area contributed by atoms with Crippen molar-refractivity contribution in [2.45, 2.75) is 38.8 Å². The summed E-state index contributed by atoms with van der Waals surface area (Å²) in [5.41, 5.74) is 2.36. The molecule has 28 heavy (non-hydrogen) atoms. The van der Waals surface area contributed by atoms with Crippen molar-refractivity contribution in [2.24, 2.45) is 4.99 Å². The first-order valence-corrected chi connectivity index (χ1v) is 10.3. The van der Waals surface area contributed by atoms with Gasteiger partial charge in [0.2, 0.25) is 0 Å². The third kappa shape index (κ3) is 6.64. The molecule has 0 spiro atoms. The third-order valence-electron chi connectivity index (χ3n) is 5.08. The molecular formula is C23H31FN4. The zero-order valence-corrected chi connectivity index (χ0v) is 16.7. The molecule has 2 aromatic carbocycles. The minimum Gasteiger partial charge on any atom is -0.357 e. The van der Waals surface area contributed by atoms with Crippen molar-refractivity contribution in [2.75, 3.05) is 26.2 Å². The largest absolute Gasteiger partial charge is 0.357 e. The predicted molar refractivity (Wildman–Crippen MR) is 114 cm³/mol. The Balaban J connectivity index is 1.45. The lowest BCUT2D eigenvalue weighted by atomic mass is 10.0. The van der Waals surface area contributed by atoms with Gasteiger partial charge in [-0.25, -0.2) is 4.39 Å². The highest BCUT2D eigenvalue weighted by molar-refractivity contribution is 5.80. The Bertz CT molecular complexity index is 739. The van der Waals surface area contributed by atoms with E-state index in [1.54, 1.807) is 12.1 Å². The van der Waals surface area contributed by atoms with Crippen molar-refractivity contribution in [3.05, 3.63) is 71.5 Å². The molecule has 0 unspecified atom stereocenters. The van der Waals surface area contributed by atoms with Crippen LogP contribution in [0.2, 0.25) is 0 Å². The van der Waals surface area contributed by atoms with E-state index in [1.807, 2.05) is 6.07 Å². The quantitative estimate of drug-likeness (QED) is 0.568. The summed E-state index contributed by atoms with van der Waals surface area (Å²) >= 11 is 0. The maximum absolute atomic E-state index is 13.3. The van der Waals surface area contributed by atoms with Crippen LogP contribution in [0.15, 0.2) is 59.6 Å². The van der Waals surface area contributed by atoms with Crippen molar-refractivity contribution >= 4 is 5.96 Å². The Labute approximate surface area is 167 Å². The molecule has 0 aromatic heterocycles. The molecule has 1 fully saturated rings. The van der Waals surface area contributed by atoms with Crippen molar-refractivity contribution in [1.82, 2.24) is 15.5 Å². The Morgan fingerprint density at radius 3 is 2.54 bits per heavy atom. The number of piperidine rings is 1. The van der Waals surface area contributed by atoms with Crippen molar-refractivity contribution < 1.29 is 4.39 Å². The van der Waals surface area contributed by atoms with Gasteiger partial charge in [-0.05, 0) is 49.4 Å². The molecule has 2 N–H and O–H groups in total. The fourth-order valence-corrected chi connectivity index (χ4v) is 3.58. The molecule has 1 heterocycles. The van der Waals surface area contributed by atoms with Crippen LogP contribution in [0.5, 0.6) is 0 Å². The SMILES string of the molecule is CCNC(=NCCc1cccc(F)c1)NC1CCN(Cc2ccccc2)CC1. The Morgan fingerprint density at radius 2 is 1.82 bits per heavy atom. The van der Waals surface area contributed by atoms with Crippen LogP contribution in [0.1, 0.15) is 30.9 Å². The maximum Gasteiger partial charge on any atom is 0.191 e. The van der Waals surface area contributed by atoms with Crippen molar-refractivity contribution in [3.8, 4) is 0 Å². The van der Waals surface area contributed by atoms with Crippen LogP contribution in [-0.2, 0) is 13.0 Å². The lowest BCUT2D eigenvalue weighted by molar-refractivity contribution is 0.198. The van der Waals surface area contributed by atoms with E-state index in [9.17, 15) is 4.39 Å². The second kappa shape index (κ2) is 10.8. The zero-order valence-electron chi connectivity index (χ0n) is 16.7. The number of likely N-dealkylation sites (tertiary alicyclic amines) is 1. The summed E-state index contributed by atoms with van der Waals surface area (Å²) in [6.45, 7) is 6.76. The number of rotatable bonds is 7. The second-order valence-electron chi connectivity index (χ2n) is 7.32. The number of hydrogen-bond donors (Lipinski definition) is 2. The molecular weight excluding hydrogens is 351 g/mol. The van der Waals surface area contributed by atoms with E-state index in [2.05, 4.69) is 57.8 Å². The fraction of sp³-hybridized carbons (Fsp3) is 0.435. The monoisotopic (exact) mass is 382 g/mol. The first-order chi connectivity index (χ1) is 13.7. The van der Waals surface area contributed by atoms with Gasteiger partial charge in [-0.2, -0.15) is 0 Å². The van der Waals surface area contributed by atoms with Gasteiger partial charge in [-0.15, -0.1) is 0 Å². The molecule has 0 amide bonds. The van der Waals surface area contributed by atoms with Crippen LogP contribution in [0.25, 0.3) is 0 Å². The van der Waals surface area contributed by atoms with Gasteiger partial charge in [-0.1, -0.05) is 42.5 Å². The van der Waals surface area contributed by atoms with Gasteiger partial charge in [-0.3, -0.25) is 9.89 Å². The number of guanidine groups is 1. The molecule has 0 bridgehead atoms. The number of halogens is 1. The normalized spacial score (nSPS) is 16.1. The summed E-state index contributed by atoms with van der Waals surface area (Å²) in [4.78, 5) is 7.19. The molecule has 2 aromatic rings. The predicted octanol–water partition coefficient (Wildman–Crippen LogP) is 3.59. The summed E-state index contributed by atoms with van der Waals surface area (Å²) in [5, 5.41) is 6.91. The van der Waals surface area contributed by atoms with E-state index >= 15 is 0 Å². The fourth-order valence-electron chi connectivity index (χ4n) is 3.58. The standard InChI is InChI=1S/C23H31FN4/c1-2-25-23(26-14-11-19-9-6-10-21(24)17-19)27-22-12-15-28(16-13-22)18-20-7-4-3-5-8-20/h3-10,17,22H,2,11-16,18H2,1H3,(H2,25,26,27).